The van der Waals surface area contributed by atoms with Crippen LogP contribution in [0.2, 0.25) is 0 Å². The summed E-state index contributed by atoms with van der Waals surface area (Å²) in [6.45, 7) is 16.6. The third-order valence-corrected chi connectivity index (χ3v) is 10.7. The average molecular weight is 757 g/mol. The minimum atomic E-state index is -3.14. The van der Waals surface area contributed by atoms with Crippen LogP contribution < -0.4 is 52.5 Å². The highest BCUT2D eigenvalue weighted by Gasteiger charge is 2.31. The molecule has 2 aromatic carbocycles. The minimum absolute atomic E-state index is 0.0735. The van der Waals surface area contributed by atoms with E-state index >= 15 is 0 Å². The highest BCUT2D eigenvalue weighted by molar-refractivity contribution is 7.54. The quantitative estimate of drug-likeness (QED) is 0.0811. The van der Waals surface area contributed by atoms with Crippen LogP contribution in [0.15, 0.2) is 19.2 Å². The molecule has 0 bridgehead atoms. The molecule has 19 heteroatoms. The van der Waals surface area contributed by atoms with E-state index < -0.39 is 36.9 Å². The van der Waals surface area contributed by atoms with Gasteiger partial charge in [-0.3, -0.25) is 28.3 Å². The number of nitrogens with one attached hydrogen (secondary N) is 2. The average Bonchev–Trinajstić information content (AvgIpc) is 3.31. The topological polar surface area (TPSA) is 231 Å². The molecule has 5 N–H and O–H groups in total. The van der Waals surface area contributed by atoms with Gasteiger partial charge in [-0.05, 0) is 67.5 Å². The maximum atomic E-state index is 12.4. The summed E-state index contributed by atoms with van der Waals surface area (Å²) in [6.07, 6.45) is 2.35. The van der Waals surface area contributed by atoms with Gasteiger partial charge in [0.25, 0.3) is 21.7 Å². The lowest BCUT2D eigenvalue weighted by atomic mass is 10.2. The van der Waals surface area contributed by atoms with Crippen LogP contribution in [0.5, 0.6) is 11.5 Å². The number of aliphatic hydroxyl groups is 1. The van der Waals surface area contributed by atoms with Gasteiger partial charge in [0.05, 0.1) is 52.0 Å². The monoisotopic (exact) mass is 756 g/mol. The molecular weight excluding hydrogens is 698 g/mol. The first-order valence-electron chi connectivity index (χ1n) is 16.9. The van der Waals surface area contributed by atoms with Crippen LogP contribution in [-0.4, -0.2) is 103 Å². The molecule has 0 aliphatic carbocycles. The number of nitrogens with zero attached hydrogens (tertiary/aromatic N) is 1. The molecule has 0 saturated carbocycles. The fourth-order valence-corrected chi connectivity index (χ4v) is 7.65. The van der Waals surface area contributed by atoms with Gasteiger partial charge in [-0.25, -0.2) is 0 Å². The van der Waals surface area contributed by atoms with Crippen molar-refractivity contribution in [2.45, 2.75) is 54.4 Å². The summed E-state index contributed by atoms with van der Waals surface area (Å²) >= 11 is 0. The summed E-state index contributed by atoms with van der Waals surface area (Å²) in [5.74, 6) is 0.147. The summed E-state index contributed by atoms with van der Waals surface area (Å²) in [5.41, 5.74) is 4.05. The molecule has 50 heavy (non-hydrogen) atoms. The number of nitrogens with two attached hydrogens (primary N) is 1. The van der Waals surface area contributed by atoms with E-state index in [1.165, 1.54) is 0 Å². The van der Waals surface area contributed by atoms with E-state index in [-0.39, 0.29) is 17.7 Å². The number of rotatable bonds is 21. The van der Waals surface area contributed by atoms with Crippen molar-refractivity contribution in [3.05, 3.63) is 40.9 Å². The molecule has 0 fully saturated rings. The van der Waals surface area contributed by atoms with E-state index in [1.54, 1.807) is 27.7 Å². The van der Waals surface area contributed by atoms with Gasteiger partial charge in [-0.1, -0.05) is 0 Å². The summed E-state index contributed by atoms with van der Waals surface area (Å²) in [7, 11) is -5.00. The molecule has 0 spiro atoms. The molecule has 1 heterocycles. The van der Waals surface area contributed by atoms with E-state index in [1.807, 2.05) is 18.7 Å². The molecule has 0 unspecified atom stereocenters. The van der Waals surface area contributed by atoms with Crippen LogP contribution >= 0.6 is 15.2 Å². The Hall–Kier alpha value is -2.46. The summed E-state index contributed by atoms with van der Waals surface area (Å²) in [5, 5.41) is 13.1. The smallest absolute Gasteiger partial charge is 0.332 e. The van der Waals surface area contributed by atoms with Crippen molar-refractivity contribution in [1.82, 2.24) is 5.32 Å². The van der Waals surface area contributed by atoms with Crippen molar-refractivity contribution in [3.8, 4) is 11.5 Å². The molecule has 17 nitrogen and oxygen atoms in total. The Morgan fingerprint density at radius 1 is 0.720 bits per heavy atom. The van der Waals surface area contributed by atoms with Crippen LogP contribution in [-0.2, 0) is 27.2 Å². The number of fused-ring (bicyclic) bond motifs is 1. The lowest BCUT2D eigenvalue weighted by molar-refractivity contribution is 0.219. The van der Waals surface area contributed by atoms with Gasteiger partial charge in [0.1, 0.15) is 11.4 Å². The number of ether oxygens (including phenoxy) is 2. The molecule has 0 atom stereocenters. The number of hydrogen-bond donors (Lipinski definition) is 4. The van der Waals surface area contributed by atoms with Gasteiger partial charge in [0.2, 0.25) is 11.5 Å². The maximum absolute atomic E-state index is 12.4. The van der Waals surface area contributed by atoms with Crippen molar-refractivity contribution in [3.63, 3.8) is 0 Å². The minimum Gasteiger partial charge on any atom is -0.486 e. The molecule has 2 aromatic rings. The summed E-state index contributed by atoms with van der Waals surface area (Å²) < 4.78 is 55.0. The van der Waals surface area contributed by atoms with E-state index in [9.17, 15) is 28.3 Å². The Bertz CT molecular complexity index is 1400. The van der Waals surface area contributed by atoms with Crippen LogP contribution in [0, 0.1) is 0 Å². The Labute approximate surface area is 294 Å². The Morgan fingerprint density at radius 3 is 1.64 bits per heavy atom. The lowest BCUT2D eigenvalue weighted by Crippen LogP contribution is -2.42. The largest absolute Gasteiger partial charge is 0.486 e. The second-order valence-electron chi connectivity index (χ2n) is 10.1. The first-order chi connectivity index (χ1) is 23.9. The standard InChI is InChI=1S/C13H21N2O5P.C9H23N2O3P.C8H10O4.CH4O/c1-3-19-21(18,20-4-2)9-8-15-7-5-6-14-10-11(15)13(17)12(10)16;1-3-13-15(12,14-4-2)9-8-11-7-5-6-10;1-3-11-7-5(9)6(10)8(7)12-4-2;1-2/h14H,3-9H2,1-2H3;11H,3-10H2,1-2H3;3-4H2,1-2H3;2H,1H3. The van der Waals surface area contributed by atoms with Crippen molar-refractivity contribution in [2.75, 3.05) is 109 Å². The number of hydrogen-bond acceptors (Lipinski definition) is 17. The maximum Gasteiger partial charge on any atom is 0.332 e. The molecule has 0 radical (unpaired) electrons. The molecule has 0 amide bonds. The first kappa shape index (κ1) is 47.5. The number of anilines is 2. The normalized spacial score (nSPS) is 12.7. The highest BCUT2D eigenvalue weighted by atomic mass is 31.2. The van der Waals surface area contributed by atoms with Crippen molar-refractivity contribution < 1.29 is 41.8 Å². The Kier molecular flexibility index (Phi) is 25.0. The van der Waals surface area contributed by atoms with Crippen molar-refractivity contribution in [1.29, 1.82) is 0 Å². The van der Waals surface area contributed by atoms with Gasteiger partial charge < -0.3 is 53.9 Å². The van der Waals surface area contributed by atoms with Gasteiger partial charge >= 0.3 is 15.2 Å². The zero-order valence-electron chi connectivity index (χ0n) is 30.6. The Balaban J connectivity index is 0.000000733. The van der Waals surface area contributed by atoms with Gasteiger partial charge in [0.15, 0.2) is 0 Å². The number of aliphatic hydroxyl groups excluding tert-OH is 1. The molecule has 1 aliphatic rings. The zero-order valence-corrected chi connectivity index (χ0v) is 32.4. The van der Waals surface area contributed by atoms with Crippen LogP contribution in [0.1, 0.15) is 54.4 Å². The van der Waals surface area contributed by atoms with E-state index in [2.05, 4.69) is 10.6 Å². The van der Waals surface area contributed by atoms with Crippen LogP contribution in [0.3, 0.4) is 0 Å². The molecule has 1 aliphatic heterocycles. The zero-order chi connectivity index (χ0) is 38.2. The third-order valence-electron chi connectivity index (χ3n) is 6.58. The van der Waals surface area contributed by atoms with Crippen LogP contribution in [0.25, 0.3) is 0 Å². The molecule has 0 aromatic heterocycles. The van der Waals surface area contributed by atoms with Crippen LogP contribution in [0.4, 0.5) is 11.4 Å². The predicted octanol–water partition coefficient (Wildman–Crippen LogP) is 2.05. The fourth-order valence-electron chi connectivity index (χ4n) is 4.50. The second-order valence-corrected chi connectivity index (χ2v) is 14.4. The molecule has 0 saturated heterocycles. The molecular formula is C31H58N4O13P2. The predicted molar refractivity (Wildman–Crippen MR) is 197 cm³/mol. The molecule has 290 valence electrons. The first-order valence-corrected chi connectivity index (χ1v) is 20.4. The Morgan fingerprint density at radius 2 is 1.20 bits per heavy atom. The highest BCUT2D eigenvalue weighted by Crippen LogP contribution is 2.48. The summed E-state index contributed by atoms with van der Waals surface area (Å²) in [4.78, 5) is 46.7. The van der Waals surface area contributed by atoms with Crippen molar-refractivity contribution >= 4 is 26.6 Å². The SMILES string of the molecule is CCOP(=O)(CCN1CCCNc2c1c(=O)c2=O)OCC.CCOP(=O)(CCNCCCN)OCC.CCOc1c(OCC)c(=O)c1=O.CO. The van der Waals surface area contributed by atoms with E-state index in [4.69, 9.17) is 38.4 Å². The van der Waals surface area contributed by atoms with Gasteiger partial charge in [-0.15, -0.1) is 0 Å². The van der Waals surface area contributed by atoms with Crippen molar-refractivity contribution in [2.24, 2.45) is 5.73 Å². The van der Waals surface area contributed by atoms with E-state index in [0.29, 0.717) is 89.9 Å². The third kappa shape index (κ3) is 15.4. The van der Waals surface area contributed by atoms with Gasteiger partial charge in [-0.2, -0.15) is 0 Å². The van der Waals surface area contributed by atoms with E-state index in [0.717, 1.165) is 26.5 Å². The fraction of sp³-hybridized carbons (Fsp3) is 0.742. The van der Waals surface area contributed by atoms with Gasteiger partial charge in [0, 0.05) is 33.3 Å². The second kappa shape index (κ2) is 26.3. The lowest BCUT2D eigenvalue weighted by Gasteiger charge is -2.26. The molecule has 3 rings (SSSR count). The summed E-state index contributed by atoms with van der Waals surface area (Å²) in [6, 6.07) is 0.